The molecule has 0 unspecified atom stereocenters. The molecule has 1 rings (SSSR count). The van der Waals surface area contributed by atoms with E-state index in [2.05, 4.69) is 0 Å². The fraction of sp³-hybridized carbons (Fsp3) is 0.500. The van der Waals surface area contributed by atoms with Crippen molar-refractivity contribution in [2.45, 2.75) is 31.5 Å². The Morgan fingerprint density at radius 1 is 1.37 bits per heavy atom. The van der Waals surface area contributed by atoms with Crippen LogP contribution in [0.15, 0.2) is 24.3 Å². The van der Waals surface area contributed by atoms with Crippen molar-refractivity contribution in [2.75, 3.05) is 6.54 Å². The highest BCUT2D eigenvalue weighted by Crippen LogP contribution is 2.32. The number of allylic oxidation sites excluding steroid dienone is 2. The first-order chi connectivity index (χ1) is 8.73. The van der Waals surface area contributed by atoms with E-state index in [1.54, 1.807) is 19.1 Å². The van der Waals surface area contributed by atoms with Crippen LogP contribution in [0.1, 0.15) is 19.8 Å². The number of hydrogen-bond acceptors (Lipinski definition) is 2. The van der Waals surface area contributed by atoms with E-state index < -0.39 is 30.1 Å². The van der Waals surface area contributed by atoms with E-state index in [0.717, 1.165) is 0 Å². The monoisotopic (exact) mass is 277 g/mol. The van der Waals surface area contributed by atoms with Gasteiger partial charge in [-0.05, 0) is 12.8 Å². The zero-order valence-corrected chi connectivity index (χ0v) is 10.3. The summed E-state index contributed by atoms with van der Waals surface area (Å²) >= 11 is 0. The van der Waals surface area contributed by atoms with E-state index in [9.17, 15) is 22.8 Å². The molecule has 0 aromatic rings. The first-order valence-electron chi connectivity index (χ1n) is 5.68. The van der Waals surface area contributed by atoms with Gasteiger partial charge in [-0.25, -0.2) is 0 Å². The van der Waals surface area contributed by atoms with Gasteiger partial charge in [-0.15, -0.1) is 0 Å². The van der Waals surface area contributed by atoms with Crippen LogP contribution in [0.3, 0.4) is 0 Å². The zero-order valence-electron chi connectivity index (χ0n) is 10.3. The predicted octanol–water partition coefficient (Wildman–Crippen LogP) is 2.13. The molecule has 0 heterocycles. The van der Waals surface area contributed by atoms with E-state index >= 15 is 0 Å². The van der Waals surface area contributed by atoms with Crippen LogP contribution in [0.4, 0.5) is 13.2 Å². The molecule has 0 radical (unpaired) electrons. The molecular weight excluding hydrogens is 263 g/mol. The molecule has 0 aromatic carbocycles. The van der Waals surface area contributed by atoms with Crippen LogP contribution < -0.4 is 0 Å². The van der Waals surface area contributed by atoms with Crippen LogP contribution >= 0.6 is 0 Å². The average molecular weight is 277 g/mol. The lowest BCUT2D eigenvalue weighted by Gasteiger charge is -2.41. The van der Waals surface area contributed by atoms with E-state index in [4.69, 9.17) is 5.11 Å². The van der Waals surface area contributed by atoms with E-state index in [1.807, 2.05) is 0 Å². The topological polar surface area (TPSA) is 57.6 Å². The minimum absolute atomic E-state index is 0.162. The Hall–Kier alpha value is -1.79. The van der Waals surface area contributed by atoms with Crippen molar-refractivity contribution < 1.29 is 27.9 Å². The number of aliphatic carboxylic acids is 1. The van der Waals surface area contributed by atoms with Gasteiger partial charge in [0.05, 0.1) is 5.54 Å². The summed E-state index contributed by atoms with van der Waals surface area (Å²) in [4.78, 5) is 22.6. The molecule has 0 fully saturated rings. The molecule has 1 aliphatic rings. The summed E-state index contributed by atoms with van der Waals surface area (Å²) < 4.78 is 37.8. The maximum atomic E-state index is 12.6. The number of amides is 1. The number of carbonyl (C=O) groups excluding carboxylic acids is 1. The number of rotatable bonds is 4. The number of carbonyl (C=O) groups is 2. The third-order valence-corrected chi connectivity index (χ3v) is 3.06. The van der Waals surface area contributed by atoms with Crippen LogP contribution in [0.25, 0.3) is 0 Å². The highest BCUT2D eigenvalue weighted by atomic mass is 19.4. The molecule has 0 bridgehead atoms. The lowest BCUT2D eigenvalue weighted by atomic mass is 9.86. The summed E-state index contributed by atoms with van der Waals surface area (Å²) in [6.07, 6.45) is 1.49. The second-order valence-corrected chi connectivity index (χ2v) is 4.23. The van der Waals surface area contributed by atoms with Crippen LogP contribution in [-0.2, 0) is 9.59 Å². The minimum Gasteiger partial charge on any atom is -0.480 e. The van der Waals surface area contributed by atoms with Gasteiger partial charge in [0, 0.05) is 0 Å². The Morgan fingerprint density at radius 2 is 2.00 bits per heavy atom. The Bertz CT molecular complexity index is 428. The summed E-state index contributed by atoms with van der Waals surface area (Å²) in [6, 6.07) is 0. The molecule has 1 N–H and O–H groups in total. The molecule has 4 nitrogen and oxygen atoms in total. The van der Waals surface area contributed by atoms with Crippen molar-refractivity contribution in [3.8, 4) is 0 Å². The Balaban J connectivity index is 3.15. The van der Waals surface area contributed by atoms with E-state index in [1.165, 1.54) is 12.2 Å². The summed E-state index contributed by atoms with van der Waals surface area (Å²) in [5.41, 5.74) is -1.24. The fourth-order valence-electron chi connectivity index (χ4n) is 2.03. The molecule has 1 atom stereocenters. The van der Waals surface area contributed by atoms with Crippen LogP contribution in [0.2, 0.25) is 0 Å². The van der Waals surface area contributed by atoms with Crippen LogP contribution in [0, 0.1) is 0 Å². The second-order valence-electron chi connectivity index (χ2n) is 4.23. The van der Waals surface area contributed by atoms with E-state index in [0.29, 0.717) is 4.90 Å². The van der Waals surface area contributed by atoms with Gasteiger partial charge in [0.25, 0.3) is 0 Å². The molecule has 1 aliphatic carbocycles. The third kappa shape index (κ3) is 3.36. The number of nitrogens with zero attached hydrogens (tertiary/aromatic N) is 1. The van der Waals surface area contributed by atoms with Gasteiger partial charge in [-0.2, -0.15) is 13.2 Å². The first kappa shape index (κ1) is 15.3. The second kappa shape index (κ2) is 5.46. The van der Waals surface area contributed by atoms with Gasteiger partial charge in [-0.3, -0.25) is 9.59 Å². The largest absolute Gasteiger partial charge is 0.480 e. The number of carboxylic acids is 1. The maximum Gasteiger partial charge on any atom is 0.471 e. The Morgan fingerprint density at radius 3 is 2.37 bits per heavy atom. The van der Waals surface area contributed by atoms with Gasteiger partial charge in [0.2, 0.25) is 0 Å². The molecule has 0 spiro atoms. The van der Waals surface area contributed by atoms with Crippen LogP contribution in [-0.4, -0.2) is 40.1 Å². The van der Waals surface area contributed by atoms with Crippen molar-refractivity contribution in [1.29, 1.82) is 0 Å². The van der Waals surface area contributed by atoms with Gasteiger partial charge >= 0.3 is 18.1 Å². The standard InChI is InChI=1S/C12H14F3NO3/c1-2-11(6-4-3-5-7-11)16(8-9(17)18)10(19)12(13,14)15/h3-6H,2,7-8H2,1H3,(H,17,18)/t11-/m0/s1. The molecule has 7 heteroatoms. The number of halogens is 3. The Labute approximate surface area is 108 Å². The summed E-state index contributed by atoms with van der Waals surface area (Å²) in [5.74, 6) is -3.61. The van der Waals surface area contributed by atoms with Gasteiger partial charge in [0.1, 0.15) is 6.54 Å². The first-order valence-corrected chi connectivity index (χ1v) is 5.68. The predicted molar refractivity (Wildman–Crippen MR) is 61.3 cm³/mol. The number of carboxylic acid groups (broad SMARTS) is 1. The molecule has 0 aliphatic heterocycles. The fourth-order valence-corrected chi connectivity index (χ4v) is 2.03. The molecule has 0 saturated heterocycles. The molecule has 1 amide bonds. The molecular formula is C12H14F3NO3. The molecule has 19 heavy (non-hydrogen) atoms. The molecule has 0 saturated carbocycles. The minimum atomic E-state index is -5.09. The quantitative estimate of drug-likeness (QED) is 0.856. The van der Waals surface area contributed by atoms with Gasteiger partial charge in [0.15, 0.2) is 0 Å². The summed E-state index contributed by atoms with van der Waals surface area (Å²) in [5, 5.41) is 8.74. The van der Waals surface area contributed by atoms with E-state index in [-0.39, 0.29) is 12.8 Å². The van der Waals surface area contributed by atoms with Crippen molar-refractivity contribution in [2.24, 2.45) is 0 Å². The van der Waals surface area contributed by atoms with Gasteiger partial charge < -0.3 is 10.0 Å². The zero-order chi connectivity index (χ0) is 14.7. The highest BCUT2D eigenvalue weighted by Gasteiger charge is 2.49. The number of alkyl halides is 3. The lowest BCUT2D eigenvalue weighted by Crippen LogP contribution is -2.56. The summed E-state index contributed by atoms with van der Waals surface area (Å²) in [7, 11) is 0. The van der Waals surface area contributed by atoms with Crippen molar-refractivity contribution in [3.05, 3.63) is 24.3 Å². The highest BCUT2D eigenvalue weighted by molar-refractivity contribution is 5.86. The molecule has 0 aromatic heterocycles. The van der Waals surface area contributed by atoms with Crippen molar-refractivity contribution in [3.63, 3.8) is 0 Å². The normalized spacial score (nSPS) is 22.3. The van der Waals surface area contributed by atoms with Crippen LogP contribution in [0.5, 0.6) is 0 Å². The molecule has 106 valence electrons. The maximum absolute atomic E-state index is 12.6. The smallest absolute Gasteiger partial charge is 0.471 e. The SMILES string of the molecule is CC[C@]1(N(CC(=O)O)C(=O)C(F)(F)F)C=CC=CC1. The average Bonchev–Trinajstić information content (AvgIpc) is 2.34. The lowest BCUT2D eigenvalue weighted by molar-refractivity contribution is -0.191. The summed E-state index contributed by atoms with van der Waals surface area (Å²) in [6.45, 7) is 0.631. The van der Waals surface area contributed by atoms with Crippen molar-refractivity contribution in [1.82, 2.24) is 4.90 Å². The third-order valence-electron chi connectivity index (χ3n) is 3.06. The van der Waals surface area contributed by atoms with Crippen molar-refractivity contribution >= 4 is 11.9 Å². The van der Waals surface area contributed by atoms with Gasteiger partial charge in [-0.1, -0.05) is 31.2 Å². The number of hydrogen-bond donors (Lipinski definition) is 1. The Kier molecular flexibility index (Phi) is 4.39.